The van der Waals surface area contributed by atoms with E-state index in [1.54, 1.807) is 11.8 Å². The van der Waals surface area contributed by atoms with Gasteiger partial charge in [-0.05, 0) is 43.7 Å². The number of nitriles is 1. The molecule has 0 aromatic heterocycles. The van der Waals surface area contributed by atoms with E-state index in [2.05, 4.69) is 5.32 Å². The Morgan fingerprint density at radius 2 is 2.39 bits per heavy atom. The Hall–Kier alpha value is -1.54. The molecule has 1 saturated heterocycles. The first-order valence-electron chi connectivity index (χ1n) is 5.70. The number of halogens is 1. The van der Waals surface area contributed by atoms with E-state index < -0.39 is 10.6 Å². The van der Waals surface area contributed by atoms with Gasteiger partial charge >= 0.3 is 0 Å². The smallest absolute Gasteiger partial charge is 0.240 e. The largest absolute Gasteiger partial charge is 0.324 e. The van der Waals surface area contributed by atoms with Crippen molar-refractivity contribution in [3.05, 3.63) is 29.6 Å². The van der Waals surface area contributed by atoms with Crippen LogP contribution in [0.25, 0.3) is 0 Å². The van der Waals surface area contributed by atoms with Gasteiger partial charge in [0.1, 0.15) is 11.9 Å². The molecule has 1 heterocycles. The Balaban J connectivity index is 2.19. The van der Waals surface area contributed by atoms with Gasteiger partial charge in [-0.15, -0.1) is 11.8 Å². The van der Waals surface area contributed by atoms with Crippen molar-refractivity contribution in [3.8, 4) is 6.07 Å². The molecule has 5 heteroatoms. The van der Waals surface area contributed by atoms with E-state index in [1.807, 2.05) is 13.0 Å². The quantitative estimate of drug-likeness (QED) is 0.893. The maximum Gasteiger partial charge on any atom is 0.240 e. The van der Waals surface area contributed by atoms with Crippen LogP contribution in [0.3, 0.4) is 0 Å². The number of rotatable bonds is 2. The van der Waals surface area contributed by atoms with Crippen molar-refractivity contribution < 1.29 is 9.18 Å². The lowest BCUT2D eigenvalue weighted by molar-refractivity contribution is -0.118. The Kier molecular flexibility index (Phi) is 3.58. The number of carbonyl (C=O) groups excluding carboxylic acids is 1. The molecule has 0 spiro atoms. The molecule has 1 fully saturated rings. The van der Waals surface area contributed by atoms with Crippen LogP contribution in [0.1, 0.15) is 25.3 Å². The highest BCUT2D eigenvalue weighted by atomic mass is 32.2. The third kappa shape index (κ3) is 2.49. The van der Waals surface area contributed by atoms with Crippen LogP contribution in [-0.4, -0.2) is 16.4 Å². The molecule has 0 bridgehead atoms. The zero-order chi connectivity index (χ0) is 13.2. The van der Waals surface area contributed by atoms with Crippen LogP contribution in [0.15, 0.2) is 18.2 Å². The Bertz CT molecular complexity index is 518. The van der Waals surface area contributed by atoms with Crippen LogP contribution < -0.4 is 5.32 Å². The average molecular weight is 264 g/mol. The van der Waals surface area contributed by atoms with Gasteiger partial charge in [-0.1, -0.05) is 0 Å². The average Bonchev–Trinajstić information content (AvgIpc) is 2.79. The number of hydrogen-bond acceptors (Lipinski definition) is 3. The third-order valence-electron chi connectivity index (χ3n) is 3.05. The number of nitrogens with zero attached hydrogens (tertiary/aromatic N) is 1. The Labute approximate surface area is 109 Å². The van der Waals surface area contributed by atoms with Gasteiger partial charge in [0.05, 0.1) is 16.0 Å². The second-order valence-electron chi connectivity index (χ2n) is 4.44. The molecular weight excluding hydrogens is 251 g/mol. The lowest BCUT2D eigenvalue weighted by Crippen LogP contribution is -2.34. The summed E-state index contributed by atoms with van der Waals surface area (Å²) in [5.74, 6) is 0.373. The molecule has 1 aromatic carbocycles. The first-order chi connectivity index (χ1) is 8.55. The molecule has 1 N–H and O–H groups in total. The van der Waals surface area contributed by atoms with Crippen LogP contribution in [0.5, 0.6) is 0 Å². The maximum absolute atomic E-state index is 13.0. The van der Waals surface area contributed by atoms with Gasteiger partial charge < -0.3 is 5.32 Å². The molecule has 18 heavy (non-hydrogen) atoms. The minimum atomic E-state index is -0.481. The van der Waals surface area contributed by atoms with Crippen LogP contribution in [0.4, 0.5) is 10.1 Å². The van der Waals surface area contributed by atoms with Gasteiger partial charge in [-0.2, -0.15) is 5.26 Å². The zero-order valence-electron chi connectivity index (χ0n) is 10.00. The summed E-state index contributed by atoms with van der Waals surface area (Å²) < 4.78 is 12.5. The van der Waals surface area contributed by atoms with Gasteiger partial charge in [-0.25, -0.2) is 4.39 Å². The fourth-order valence-corrected chi connectivity index (χ4v) is 3.14. The van der Waals surface area contributed by atoms with E-state index in [4.69, 9.17) is 5.26 Å². The Morgan fingerprint density at radius 3 is 3.00 bits per heavy atom. The highest BCUT2D eigenvalue weighted by Gasteiger charge is 2.37. The maximum atomic E-state index is 13.0. The highest BCUT2D eigenvalue weighted by Crippen LogP contribution is 2.38. The SMILES string of the molecule is CC1(C(=O)Nc2ccc(F)cc2C#N)CCCS1. The van der Waals surface area contributed by atoms with Crippen LogP contribution in [0, 0.1) is 17.1 Å². The van der Waals surface area contributed by atoms with Gasteiger partial charge in [0.15, 0.2) is 0 Å². The molecule has 2 rings (SSSR count). The molecule has 0 radical (unpaired) electrons. The number of amides is 1. The topological polar surface area (TPSA) is 52.9 Å². The van der Waals surface area contributed by atoms with Crippen molar-refractivity contribution in [1.29, 1.82) is 5.26 Å². The van der Waals surface area contributed by atoms with Crippen molar-refractivity contribution in [2.75, 3.05) is 11.1 Å². The predicted octanol–water partition coefficient (Wildman–Crippen LogP) is 2.92. The molecule has 3 nitrogen and oxygen atoms in total. The fraction of sp³-hybridized carbons (Fsp3) is 0.385. The molecule has 94 valence electrons. The van der Waals surface area contributed by atoms with E-state index >= 15 is 0 Å². The second-order valence-corrected chi connectivity index (χ2v) is 6.04. The minimum Gasteiger partial charge on any atom is -0.324 e. The molecule has 1 amide bonds. The second kappa shape index (κ2) is 4.99. The summed E-state index contributed by atoms with van der Waals surface area (Å²) in [6.45, 7) is 1.90. The molecule has 1 aliphatic rings. The van der Waals surface area contributed by atoms with Crippen LogP contribution in [-0.2, 0) is 4.79 Å². The number of nitrogens with one attached hydrogen (secondary N) is 1. The molecule has 1 aromatic rings. The van der Waals surface area contributed by atoms with Gasteiger partial charge in [0, 0.05) is 0 Å². The summed E-state index contributed by atoms with van der Waals surface area (Å²) in [7, 11) is 0. The number of benzene rings is 1. The minimum absolute atomic E-state index is 0.117. The van der Waals surface area contributed by atoms with Gasteiger partial charge in [0.25, 0.3) is 0 Å². The third-order valence-corrected chi connectivity index (χ3v) is 4.57. The molecule has 1 aliphatic heterocycles. The molecule has 1 atom stereocenters. The first kappa shape index (κ1) is 12.9. The fourth-order valence-electron chi connectivity index (χ4n) is 1.93. The normalized spacial score (nSPS) is 22.5. The first-order valence-corrected chi connectivity index (χ1v) is 6.69. The summed E-state index contributed by atoms with van der Waals surface area (Å²) in [4.78, 5) is 12.2. The van der Waals surface area contributed by atoms with Gasteiger partial charge in [-0.3, -0.25) is 4.79 Å². The summed E-state index contributed by atoms with van der Waals surface area (Å²) in [5, 5.41) is 11.6. The highest BCUT2D eigenvalue weighted by molar-refractivity contribution is 8.01. The number of anilines is 1. The van der Waals surface area contributed by atoms with Crippen molar-refractivity contribution in [2.45, 2.75) is 24.5 Å². The van der Waals surface area contributed by atoms with E-state index in [0.717, 1.165) is 24.7 Å². The summed E-state index contributed by atoms with van der Waals surface area (Å²) in [6.07, 6.45) is 1.84. The van der Waals surface area contributed by atoms with Crippen molar-refractivity contribution in [3.63, 3.8) is 0 Å². The van der Waals surface area contributed by atoms with E-state index in [0.29, 0.717) is 5.69 Å². The molecular formula is C13H13FN2OS. The van der Waals surface area contributed by atoms with Crippen molar-refractivity contribution >= 4 is 23.4 Å². The molecule has 0 aliphatic carbocycles. The number of carbonyl (C=O) groups is 1. The van der Waals surface area contributed by atoms with Crippen LogP contribution in [0.2, 0.25) is 0 Å². The Morgan fingerprint density at radius 1 is 1.61 bits per heavy atom. The number of thioether (sulfide) groups is 1. The van der Waals surface area contributed by atoms with E-state index in [-0.39, 0.29) is 11.5 Å². The number of hydrogen-bond donors (Lipinski definition) is 1. The lowest BCUT2D eigenvalue weighted by atomic mass is 10.0. The van der Waals surface area contributed by atoms with Crippen molar-refractivity contribution in [1.82, 2.24) is 0 Å². The van der Waals surface area contributed by atoms with E-state index in [1.165, 1.54) is 12.1 Å². The predicted molar refractivity (Wildman–Crippen MR) is 69.8 cm³/mol. The zero-order valence-corrected chi connectivity index (χ0v) is 10.8. The molecule has 0 saturated carbocycles. The van der Waals surface area contributed by atoms with Gasteiger partial charge in [0.2, 0.25) is 5.91 Å². The lowest BCUT2D eigenvalue weighted by Gasteiger charge is -2.21. The van der Waals surface area contributed by atoms with Crippen molar-refractivity contribution in [2.24, 2.45) is 0 Å². The summed E-state index contributed by atoms with van der Waals surface area (Å²) >= 11 is 1.62. The summed E-state index contributed by atoms with van der Waals surface area (Å²) in [5.41, 5.74) is 0.521. The van der Waals surface area contributed by atoms with E-state index in [9.17, 15) is 9.18 Å². The molecule has 1 unspecified atom stereocenters. The standard InChI is InChI=1S/C13H13FN2OS/c1-13(5-2-6-18-13)12(17)16-11-4-3-10(14)7-9(11)8-15/h3-4,7H,2,5-6H2,1H3,(H,16,17). The van der Waals surface area contributed by atoms with Crippen LogP contribution >= 0.6 is 11.8 Å². The monoisotopic (exact) mass is 264 g/mol. The summed E-state index contributed by atoms with van der Waals surface area (Å²) in [6, 6.07) is 5.67.